The van der Waals surface area contributed by atoms with Gasteiger partial charge in [-0.3, -0.25) is 4.79 Å². The van der Waals surface area contributed by atoms with Crippen molar-refractivity contribution >= 4 is 17.5 Å². The Bertz CT molecular complexity index is 224. The van der Waals surface area contributed by atoms with Crippen LogP contribution in [0.4, 0.5) is 0 Å². The summed E-state index contributed by atoms with van der Waals surface area (Å²) < 4.78 is 0. The van der Waals surface area contributed by atoms with Crippen LogP contribution in [0.1, 0.15) is 0 Å². The molecule has 0 amide bonds. The lowest BCUT2D eigenvalue weighted by molar-refractivity contribution is -0.121. The normalized spacial score (nSPS) is 52.2. The SMILES string of the molecule is O=C1C2C=CC1C1CSCC21. The summed E-state index contributed by atoms with van der Waals surface area (Å²) >= 11 is 2.02. The lowest BCUT2D eigenvalue weighted by Crippen LogP contribution is -2.16. The number of Topliss-reactive ketones (excluding diaryl/α,β-unsaturated/α-hetero) is 1. The molecular weight excluding hydrogens is 156 g/mol. The van der Waals surface area contributed by atoms with Crippen LogP contribution in [-0.4, -0.2) is 17.3 Å². The van der Waals surface area contributed by atoms with E-state index >= 15 is 0 Å². The molecule has 1 saturated carbocycles. The first-order valence-corrected chi connectivity index (χ1v) is 5.33. The number of thioether (sulfide) groups is 1. The lowest BCUT2D eigenvalue weighted by atomic mass is 9.86. The van der Waals surface area contributed by atoms with Crippen molar-refractivity contribution in [2.45, 2.75) is 0 Å². The first-order chi connectivity index (χ1) is 5.38. The van der Waals surface area contributed by atoms with Crippen LogP contribution >= 0.6 is 11.8 Å². The Balaban J connectivity index is 2.05. The highest BCUT2D eigenvalue weighted by Gasteiger charge is 2.52. The van der Waals surface area contributed by atoms with E-state index in [2.05, 4.69) is 12.2 Å². The minimum atomic E-state index is 0.319. The van der Waals surface area contributed by atoms with Gasteiger partial charge in [0.15, 0.2) is 0 Å². The highest BCUT2D eigenvalue weighted by Crippen LogP contribution is 2.51. The van der Waals surface area contributed by atoms with Crippen LogP contribution in [-0.2, 0) is 4.79 Å². The Labute approximate surface area is 70.2 Å². The van der Waals surface area contributed by atoms with Gasteiger partial charge < -0.3 is 0 Å². The molecule has 58 valence electrons. The molecule has 1 aliphatic heterocycles. The summed E-state index contributed by atoms with van der Waals surface area (Å²) in [5, 5.41) is 0. The van der Waals surface area contributed by atoms with E-state index in [1.165, 1.54) is 11.5 Å². The van der Waals surface area contributed by atoms with Crippen molar-refractivity contribution in [2.24, 2.45) is 23.7 Å². The van der Waals surface area contributed by atoms with E-state index in [4.69, 9.17) is 0 Å². The molecule has 1 nitrogen and oxygen atoms in total. The molecule has 1 saturated heterocycles. The summed E-state index contributed by atoms with van der Waals surface area (Å²) in [5.41, 5.74) is 0. The Morgan fingerprint density at radius 2 is 1.73 bits per heavy atom. The average molecular weight is 166 g/mol. The van der Waals surface area contributed by atoms with Crippen LogP contribution in [0.25, 0.3) is 0 Å². The fourth-order valence-electron chi connectivity index (χ4n) is 2.69. The minimum Gasteiger partial charge on any atom is -0.298 e. The molecule has 1 heterocycles. The summed E-state index contributed by atoms with van der Waals surface area (Å²) in [4.78, 5) is 11.5. The summed E-state index contributed by atoms with van der Waals surface area (Å²) in [7, 11) is 0. The largest absolute Gasteiger partial charge is 0.298 e. The number of hydrogen-bond acceptors (Lipinski definition) is 2. The summed E-state index contributed by atoms with van der Waals surface area (Å²) in [6, 6.07) is 0. The molecule has 0 N–H and O–H groups in total. The van der Waals surface area contributed by atoms with Gasteiger partial charge in [0, 0.05) is 11.8 Å². The maximum Gasteiger partial charge on any atom is 0.147 e. The number of rotatable bonds is 0. The monoisotopic (exact) mass is 166 g/mol. The quantitative estimate of drug-likeness (QED) is 0.505. The second kappa shape index (κ2) is 1.92. The zero-order chi connectivity index (χ0) is 7.42. The first kappa shape index (κ1) is 6.30. The standard InChI is InChI=1S/C9H10OS/c10-9-5-1-2-6(9)8-4-11-3-7(5)8/h1-2,5-8H,3-4H2. The third kappa shape index (κ3) is 0.621. The molecule has 2 heteroatoms. The summed E-state index contributed by atoms with van der Waals surface area (Å²) in [6.07, 6.45) is 4.28. The van der Waals surface area contributed by atoms with Gasteiger partial charge in [0.2, 0.25) is 0 Å². The van der Waals surface area contributed by atoms with E-state index in [1.807, 2.05) is 11.8 Å². The zero-order valence-corrected chi connectivity index (χ0v) is 7.01. The topological polar surface area (TPSA) is 17.1 Å². The van der Waals surface area contributed by atoms with Crippen molar-refractivity contribution < 1.29 is 4.79 Å². The van der Waals surface area contributed by atoms with Gasteiger partial charge >= 0.3 is 0 Å². The maximum atomic E-state index is 11.5. The van der Waals surface area contributed by atoms with E-state index in [0.717, 1.165) is 0 Å². The highest BCUT2D eigenvalue weighted by molar-refractivity contribution is 7.99. The number of hydrogen-bond donors (Lipinski definition) is 0. The molecular formula is C9H10OS. The molecule has 0 aromatic rings. The second-order valence-electron chi connectivity index (χ2n) is 3.70. The van der Waals surface area contributed by atoms with Crippen LogP contribution < -0.4 is 0 Å². The molecule has 0 aromatic heterocycles. The van der Waals surface area contributed by atoms with E-state index < -0.39 is 0 Å². The van der Waals surface area contributed by atoms with Gasteiger partial charge in [-0.2, -0.15) is 11.8 Å². The third-order valence-electron chi connectivity index (χ3n) is 3.28. The number of carbonyl (C=O) groups excluding carboxylic acids is 1. The van der Waals surface area contributed by atoms with Crippen LogP contribution in [0.15, 0.2) is 12.2 Å². The fraction of sp³-hybridized carbons (Fsp3) is 0.667. The first-order valence-electron chi connectivity index (χ1n) is 4.18. The van der Waals surface area contributed by atoms with Crippen LogP contribution in [0.3, 0.4) is 0 Å². The number of fused-ring (bicyclic) bond motifs is 5. The van der Waals surface area contributed by atoms with Gasteiger partial charge in [-0.05, 0) is 23.3 Å². The predicted octanol–water partition coefficient (Wildman–Crippen LogP) is 1.35. The Kier molecular flexibility index (Phi) is 1.10. The molecule has 0 radical (unpaired) electrons. The van der Waals surface area contributed by atoms with Crippen LogP contribution in [0.5, 0.6) is 0 Å². The van der Waals surface area contributed by atoms with E-state index in [9.17, 15) is 4.79 Å². The fourth-order valence-corrected chi connectivity index (χ4v) is 4.28. The van der Waals surface area contributed by atoms with E-state index in [0.29, 0.717) is 29.5 Å². The van der Waals surface area contributed by atoms with Gasteiger partial charge in [0.1, 0.15) is 5.78 Å². The maximum absolute atomic E-state index is 11.5. The molecule has 2 bridgehead atoms. The number of allylic oxidation sites excluding steroid dienone is 2. The third-order valence-corrected chi connectivity index (χ3v) is 4.52. The molecule has 3 aliphatic rings. The van der Waals surface area contributed by atoms with Crippen LogP contribution in [0.2, 0.25) is 0 Å². The van der Waals surface area contributed by atoms with E-state index in [-0.39, 0.29) is 0 Å². The number of ketones is 1. The average Bonchev–Trinajstić information content (AvgIpc) is 2.61. The smallest absolute Gasteiger partial charge is 0.147 e. The van der Waals surface area contributed by atoms with Gasteiger partial charge in [0.25, 0.3) is 0 Å². The summed E-state index contributed by atoms with van der Waals surface area (Å²) in [6.45, 7) is 0. The van der Waals surface area contributed by atoms with Gasteiger partial charge in [-0.25, -0.2) is 0 Å². The Morgan fingerprint density at radius 3 is 2.27 bits per heavy atom. The Morgan fingerprint density at radius 1 is 1.18 bits per heavy atom. The van der Waals surface area contributed by atoms with Crippen molar-refractivity contribution in [2.75, 3.05) is 11.5 Å². The van der Waals surface area contributed by atoms with Crippen molar-refractivity contribution in [3.63, 3.8) is 0 Å². The lowest BCUT2D eigenvalue weighted by Gasteiger charge is -2.16. The van der Waals surface area contributed by atoms with Crippen molar-refractivity contribution in [1.82, 2.24) is 0 Å². The predicted molar refractivity (Wildman–Crippen MR) is 45.4 cm³/mol. The summed E-state index contributed by atoms with van der Waals surface area (Å²) in [5.74, 6) is 5.02. The van der Waals surface area contributed by atoms with Crippen molar-refractivity contribution in [3.8, 4) is 0 Å². The molecule has 0 aromatic carbocycles. The van der Waals surface area contributed by atoms with Crippen molar-refractivity contribution in [3.05, 3.63) is 12.2 Å². The molecule has 3 rings (SSSR count). The Hall–Kier alpha value is -0.240. The van der Waals surface area contributed by atoms with E-state index in [1.54, 1.807) is 0 Å². The van der Waals surface area contributed by atoms with Crippen molar-refractivity contribution in [1.29, 1.82) is 0 Å². The van der Waals surface area contributed by atoms with Gasteiger partial charge in [-0.1, -0.05) is 12.2 Å². The minimum absolute atomic E-state index is 0.319. The van der Waals surface area contributed by atoms with Gasteiger partial charge in [0.05, 0.1) is 0 Å². The molecule has 2 fully saturated rings. The number of carbonyl (C=O) groups is 1. The highest BCUT2D eigenvalue weighted by atomic mass is 32.2. The zero-order valence-electron chi connectivity index (χ0n) is 6.19. The molecule has 2 aliphatic carbocycles. The molecule has 4 unspecified atom stereocenters. The molecule has 4 atom stereocenters. The second-order valence-corrected chi connectivity index (χ2v) is 4.78. The molecule has 0 spiro atoms. The molecule has 11 heavy (non-hydrogen) atoms. The van der Waals surface area contributed by atoms with Gasteiger partial charge in [-0.15, -0.1) is 0 Å². The van der Waals surface area contributed by atoms with Crippen LogP contribution in [0, 0.1) is 23.7 Å².